The van der Waals surface area contributed by atoms with Crippen molar-refractivity contribution in [1.29, 1.82) is 0 Å². The predicted molar refractivity (Wildman–Crippen MR) is 88.7 cm³/mol. The average molecular weight is 341 g/mol. The van der Waals surface area contributed by atoms with Gasteiger partial charge in [0.15, 0.2) is 5.82 Å². The molecule has 1 aromatic carbocycles. The fourth-order valence-electron chi connectivity index (χ4n) is 2.44. The molecule has 0 saturated heterocycles. The largest absolute Gasteiger partial charge is 0.317 e. The standard InChI is InChI=1S/C17H16FN5O2/c1-22-10-20-21-16(22)14-9-12(18)4-5-13(14)11-6-7-19-15(8-11)17(24)23(2)25-3/h4-10H,1-3H3. The molecule has 0 aliphatic rings. The summed E-state index contributed by atoms with van der Waals surface area (Å²) in [6.45, 7) is 0. The predicted octanol–water partition coefficient (Wildman–Crippen LogP) is 2.32. The van der Waals surface area contributed by atoms with Gasteiger partial charge in [-0.15, -0.1) is 10.2 Å². The zero-order chi connectivity index (χ0) is 18.0. The number of hydrogen-bond donors (Lipinski definition) is 0. The van der Waals surface area contributed by atoms with E-state index in [2.05, 4.69) is 15.2 Å². The minimum Gasteiger partial charge on any atom is -0.317 e. The van der Waals surface area contributed by atoms with Crippen LogP contribution in [0.1, 0.15) is 10.5 Å². The maximum atomic E-state index is 13.8. The molecule has 0 spiro atoms. The van der Waals surface area contributed by atoms with Crippen LogP contribution in [0.25, 0.3) is 22.5 Å². The lowest BCUT2D eigenvalue weighted by atomic mass is 9.99. The SMILES string of the molecule is CON(C)C(=O)c1cc(-c2ccc(F)cc2-c2nncn2C)ccn1. The summed E-state index contributed by atoms with van der Waals surface area (Å²) in [5.74, 6) is -0.244. The van der Waals surface area contributed by atoms with Gasteiger partial charge in [-0.05, 0) is 35.4 Å². The highest BCUT2D eigenvalue weighted by atomic mass is 19.1. The molecule has 0 aliphatic heterocycles. The summed E-state index contributed by atoms with van der Waals surface area (Å²) in [6.07, 6.45) is 3.06. The minimum absolute atomic E-state index is 0.218. The molecule has 1 amide bonds. The number of amides is 1. The molecule has 3 rings (SSSR count). The zero-order valence-corrected chi connectivity index (χ0v) is 14.0. The van der Waals surface area contributed by atoms with Crippen molar-refractivity contribution < 1.29 is 14.0 Å². The molecule has 0 saturated carbocycles. The van der Waals surface area contributed by atoms with Crippen LogP contribution in [0.3, 0.4) is 0 Å². The molecule has 0 unspecified atom stereocenters. The summed E-state index contributed by atoms with van der Waals surface area (Å²) in [5.41, 5.74) is 2.22. The Hall–Kier alpha value is -3.13. The highest BCUT2D eigenvalue weighted by molar-refractivity contribution is 5.93. The van der Waals surface area contributed by atoms with Crippen LogP contribution in [0.4, 0.5) is 4.39 Å². The van der Waals surface area contributed by atoms with Crippen molar-refractivity contribution in [2.45, 2.75) is 0 Å². The van der Waals surface area contributed by atoms with Gasteiger partial charge in [0.05, 0.1) is 7.11 Å². The van der Waals surface area contributed by atoms with Crippen LogP contribution in [-0.4, -0.2) is 44.9 Å². The summed E-state index contributed by atoms with van der Waals surface area (Å²) < 4.78 is 15.5. The number of pyridine rings is 1. The third-order valence-corrected chi connectivity index (χ3v) is 3.78. The van der Waals surface area contributed by atoms with Crippen LogP contribution in [0, 0.1) is 5.82 Å². The highest BCUT2D eigenvalue weighted by Gasteiger charge is 2.17. The molecule has 0 atom stereocenters. The van der Waals surface area contributed by atoms with Crippen molar-refractivity contribution >= 4 is 5.91 Å². The second-order valence-electron chi connectivity index (χ2n) is 5.37. The van der Waals surface area contributed by atoms with E-state index in [-0.39, 0.29) is 17.4 Å². The van der Waals surface area contributed by atoms with Crippen LogP contribution in [0.2, 0.25) is 0 Å². The van der Waals surface area contributed by atoms with Crippen LogP contribution in [-0.2, 0) is 11.9 Å². The molecule has 0 radical (unpaired) electrons. The molecule has 0 aliphatic carbocycles. The van der Waals surface area contributed by atoms with E-state index >= 15 is 0 Å². The van der Waals surface area contributed by atoms with E-state index in [0.717, 1.165) is 5.06 Å². The van der Waals surface area contributed by atoms with Gasteiger partial charge in [0.1, 0.15) is 17.8 Å². The first kappa shape index (κ1) is 16.7. The molecular weight excluding hydrogens is 325 g/mol. The molecular formula is C17H16FN5O2. The number of aryl methyl sites for hydroxylation is 1. The molecule has 25 heavy (non-hydrogen) atoms. The third kappa shape index (κ3) is 3.24. The number of hydrogen-bond acceptors (Lipinski definition) is 5. The quantitative estimate of drug-likeness (QED) is 0.681. The number of rotatable bonds is 4. The Morgan fingerprint density at radius 1 is 1.24 bits per heavy atom. The molecule has 3 aromatic rings. The lowest BCUT2D eigenvalue weighted by molar-refractivity contribution is -0.0760. The number of benzene rings is 1. The van der Waals surface area contributed by atoms with Crippen molar-refractivity contribution in [3.8, 4) is 22.5 Å². The first-order valence-corrected chi connectivity index (χ1v) is 7.43. The Kier molecular flexibility index (Phi) is 4.53. The van der Waals surface area contributed by atoms with Crippen LogP contribution in [0.5, 0.6) is 0 Å². The molecule has 0 fully saturated rings. The lowest BCUT2D eigenvalue weighted by Crippen LogP contribution is -2.26. The van der Waals surface area contributed by atoms with Gasteiger partial charge < -0.3 is 4.57 Å². The van der Waals surface area contributed by atoms with Gasteiger partial charge in [-0.1, -0.05) is 6.07 Å². The summed E-state index contributed by atoms with van der Waals surface area (Å²) in [4.78, 5) is 21.2. The van der Waals surface area contributed by atoms with E-state index in [1.807, 2.05) is 0 Å². The maximum Gasteiger partial charge on any atom is 0.295 e. The molecule has 7 nitrogen and oxygen atoms in total. The second kappa shape index (κ2) is 6.78. The second-order valence-corrected chi connectivity index (χ2v) is 5.37. The van der Waals surface area contributed by atoms with Crippen molar-refractivity contribution in [3.63, 3.8) is 0 Å². The number of aromatic nitrogens is 4. The summed E-state index contributed by atoms with van der Waals surface area (Å²) in [6, 6.07) is 7.77. The fraction of sp³-hybridized carbons (Fsp3) is 0.176. The Balaban J connectivity index is 2.12. The molecule has 8 heteroatoms. The van der Waals surface area contributed by atoms with E-state index in [0.29, 0.717) is 22.5 Å². The lowest BCUT2D eigenvalue weighted by Gasteiger charge is -2.14. The van der Waals surface area contributed by atoms with E-state index in [4.69, 9.17) is 4.84 Å². The van der Waals surface area contributed by atoms with Gasteiger partial charge >= 0.3 is 0 Å². The maximum absolute atomic E-state index is 13.8. The topological polar surface area (TPSA) is 73.1 Å². The van der Waals surface area contributed by atoms with Gasteiger partial charge in [-0.3, -0.25) is 14.6 Å². The molecule has 128 valence electrons. The Morgan fingerprint density at radius 2 is 2.04 bits per heavy atom. The van der Waals surface area contributed by atoms with Crippen LogP contribution < -0.4 is 0 Å². The van der Waals surface area contributed by atoms with E-state index in [1.54, 1.807) is 36.1 Å². The number of nitrogens with zero attached hydrogens (tertiary/aromatic N) is 5. The highest BCUT2D eigenvalue weighted by Crippen LogP contribution is 2.31. The number of halogens is 1. The Bertz CT molecular complexity index is 925. The van der Waals surface area contributed by atoms with Gasteiger partial charge in [-0.2, -0.15) is 0 Å². The number of carbonyl (C=O) groups excluding carboxylic acids is 1. The molecule has 2 heterocycles. The third-order valence-electron chi connectivity index (χ3n) is 3.78. The summed E-state index contributed by atoms with van der Waals surface area (Å²) in [5, 5.41) is 8.97. The van der Waals surface area contributed by atoms with Crippen molar-refractivity contribution in [3.05, 3.63) is 54.4 Å². The van der Waals surface area contributed by atoms with Crippen LogP contribution in [0.15, 0.2) is 42.9 Å². The van der Waals surface area contributed by atoms with Crippen molar-refractivity contribution in [1.82, 2.24) is 24.8 Å². The smallest absolute Gasteiger partial charge is 0.295 e. The molecule has 0 bridgehead atoms. The molecule has 0 N–H and O–H groups in total. The van der Waals surface area contributed by atoms with Gasteiger partial charge in [0.25, 0.3) is 5.91 Å². The van der Waals surface area contributed by atoms with Crippen molar-refractivity contribution in [2.24, 2.45) is 7.05 Å². The summed E-state index contributed by atoms with van der Waals surface area (Å²) in [7, 11) is 4.67. The number of carbonyl (C=O) groups is 1. The first-order valence-electron chi connectivity index (χ1n) is 7.43. The minimum atomic E-state index is -0.383. The number of hydroxylamine groups is 2. The Labute approximate surface area is 143 Å². The average Bonchev–Trinajstić information content (AvgIpc) is 3.06. The fourth-order valence-corrected chi connectivity index (χ4v) is 2.44. The normalized spacial score (nSPS) is 10.7. The van der Waals surface area contributed by atoms with Gasteiger partial charge in [-0.25, -0.2) is 9.45 Å². The molecule has 2 aromatic heterocycles. The monoisotopic (exact) mass is 341 g/mol. The van der Waals surface area contributed by atoms with E-state index in [9.17, 15) is 9.18 Å². The van der Waals surface area contributed by atoms with Gasteiger partial charge in [0.2, 0.25) is 0 Å². The first-order chi connectivity index (χ1) is 12.0. The van der Waals surface area contributed by atoms with Gasteiger partial charge in [0, 0.05) is 25.9 Å². The van der Waals surface area contributed by atoms with Crippen molar-refractivity contribution in [2.75, 3.05) is 14.2 Å². The zero-order valence-electron chi connectivity index (χ0n) is 14.0. The van der Waals surface area contributed by atoms with E-state index in [1.165, 1.54) is 32.5 Å². The van der Waals surface area contributed by atoms with E-state index < -0.39 is 0 Å². The summed E-state index contributed by atoms with van der Waals surface area (Å²) >= 11 is 0. The Morgan fingerprint density at radius 3 is 2.72 bits per heavy atom. The van der Waals surface area contributed by atoms with Crippen LogP contribution >= 0.6 is 0 Å².